The Kier molecular flexibility index (Phi) is 6.91. The van der Waals surface area contributed by atoms with Crippen LogP contribution in [0.4, 0.5) is 0 Å². The average Bonchev–Trinajstić information content (AvgIpc) is 2.34. The van der Waals surface area contributed by atoms with Crippen molar-refractivity contribution in [2.75, 3.05) is 13.2 Å². The molecule has 1 aromatic rings. The third-order valence-electron chi connectivity index (χ3n) is 2.53. The van der Waals surface area contributed by atoms with E-state index < -0.39 is 0 Å². The predicted molar refractivity (Wildman–Crippen MR) is 78.0 cm³/mol. The number of benzene rings is 1. The zero-order chi connectivity index (χ0) is 13.4. The molecule has 0 saturated carbocycles. The summed E-state index contributed by atoms with van der Waals surface area (Å²) in [5.41, 5.74) is 1.89. The molecule has 0 amide bonds. The maximum absolute atomic E-state index is 11.8. The predicted octanol–water partition coefficient (Wildman–Crippen LogP) is 4.39. The van der Waals surface area contributed by atoms with Crippen molar-refractivity contribution < 1.29 is 9.53 Å². The summed E-state index contributed by atoms with van der Waals surface area (Å²) in [6.07, 6.45) is 2.19. The van der Waals surface area contributed by atoms with E-state index in [9.17, 15) is 4.79 Å². The van der Waals surface area contributed by atoms with E-state index in [0.717, 1.165) is 28.5 Å². The number of halogens is 1. The van der Waals surface area contributed by atoms with Crippen molar-refractivity contribution in [3.63, 3.8) is 0 Å². The van der Waals surface area contributed by atoms with Crippen molar-refractivity contribution in [1.29, 1.82) is 0 Å². The molecule has 3 heteroatoms. The Morgan fingerprint density at radius 3 is 2.50 bits per heavy atom. The fourth-order valence-electron chi connectivity index (χ4n) is 1.46. The minimum atomic E-state index is 0.172. The van der Waals surface area contributed by atoms with Crippen LogP contribution in [0.5, 0.6) is 0 Å². The number of carbonyl (C=O) groups is 1. The second-order valence-electron chi connectivity index (χ2n) is 4.35. The summed E-state index contributed by atoms with van der Waals surface area (Å²) in [5, 5.41) is 0. The van der Waals surface area contributed by atoms with E-state index in [0.29, 0.717) is 19.6 Å². The van der Waals surface area contributed by atoms with Crippen molar-refractivity contribution >= 4 is 21.7 Å². The quantitative estimate of drug-likeness (QED) is 0.404. The second-order valence-corrected chi connectivity index (χ2v) is 5.27. The van der Waals surface area contributed by atoms with Gasteiger partial charge in [-0.1, -0.05) is 33.6 Å². The van der Waals surface area contributed by atoms with Crippen LogP contribution in [0.3, 0.4) is 0 Å². The van der Waals surface area contributed by atoms with Crippen molar-refractivity contribution in [2.45, 2.75) is 26.2 Å². The monoisotopic (exact) mass is 310 g/mol. The molecule has 0 atom stereocenters. The Bertz CT molecular complexity index is 395. The molecular weight excluding hydrogens is 292 g/mol. The first kappa shape index (κ1) is 15.1. The van der Waals surface area contributed by atoms with Gasteiger partial charge in [0.05, 0.1) is 6.61 Å². The zero-order valence-electron chi connectivity index (χ0n) is 10.7. The van der Waals surface area contributed by atoms with E-state index in [4.69, 9.17) is 4.74 Å². The van der Waals surface area contributed by atoms with Gasteiger partial charge in [0.15, 0.2) is 5.78 Å². The van der Waals surface area contributed by atoms with Crippen molar-refractivity contribution in [1.82, 2.24) is 0 Å². The minimum absolute atomic E-state index is 0.172. The molecule has 98 valence electrons. The Labute approximate surface area is 117 Å². The van der Waals surface area contributed by atoms with Crippen LogP contribution < -0.4 is 0 Å². The molecule has 1 rings (SSSR count). The summed E-state index contributed by atoms with van der Waals surface area (Å²) in [6.45, 7) is 7.13. The average molecular weight is 311 g/mol. The maximum Gasteiger partial charge on any atom is 0.162 e. The van der Waals surface area contributed by atoms with Crippen LogP contribution in [-0.2, 0) is 4.74 Å². The van der Waals surface area contributed by atoms with Crippen LogP contribution in [0.2, 0.25) is 0 Å². The number of ketones is 1. The first-order chi connectivity index (χ1) is 8.59. The first-order valence-electron chi connectivity index (χ1n) is 6.10. The fourth-order valence-corrected chi connectivity index (χ4v) is 1.73. The summed E-state index contributed by atoms with van der Waals surface area (Å²) in [7, 11) is 0. The molecule has 0 aliphatic carbocycles. The van der Waals surface area contributed by atoms with Crippen LogP contribution in [0.15, 0.2) is 40.9 Å². The molecular formula is C15H19BrO2. The summed E-state index contributed by atoms with van der Waals surface area (Å²) in [5.74, 6) is 0.172. The van der Waals surface area contributed by atoms with Crippen molar-refractivity contribution in [2.24, 2.45) is 0 Å². The smallest absolute Gasteiger partial charge is 0.162 e. The van der Waals surface area contributed by atoms with Gasteiger partial charge < -0.3 is 4.74 Å². The molecule has 0 heterocycles. The molecule has 0 spiro atoms. The number of ether oxygens (including phenoxy) is 1. The molecule has 1 aromatic carbocycles. The Hall–Kier alpha value is -0.930. The number of hydrogen-bond donors (Lipinski definition) is 0. The molecule has 0 fully saturated rings. The van der Waals surface area contributed by atoms with E-state index in [1.54, 1.807) is 0 Å². The van der Waals surface area contributed by atoms with Gasteiger partial charge in [0.25, 0.3) is 0 Å². The van der Waals surface area contributed by atoms with Gasteiger partial charge in [0.1, 0.15) is 0 Å². The standard InChI is InChI=1S/C15H19BrO2/c1-12(2)9-11-18-10-3-4-15(17)13-5-7-14(16)8-6-13/h5-8H,1,3-4,9-11H2,2H3. The lowest BCUT2D eigenvalue weighted by molar-refractivity contribution is 0.0940. The Balaban J connectivity index is 2.17. The Morgan fingerprint density at radius 1 is 1.22 bits per heavy atom. The van der Waals surface area contributed by atoms with E-state index in [1.165, 1.54) is 0 Å². The van der Waals surface area contributed by atoms with Crippen LogP contribution in [-0.4, -0.2) is 19.0 Å². The summed E-state index contributed by atoms with van der Waals surface area (Å²) < 4.78 is 6.42. The van der Waals surface area contributed by atoms with Crippen LogP contribution >= 0.6 is 15.9 Å². The zero-order valence-corrected chi connectivity index (χ0v) is 12.3. The lowest BCUT2D eigenvalue weighted by Crippen LogP contribution is -2.03. The largest absolute Gasteiger partial charge is 0.381 e. The van der Waals surface area contributed by atoms with Crippen LogP contribution in [0, 0.1) is 0 Å². The number of hydrogen-bond acceptors (Lipinski definition) is 2. The molecule has 0 aliphatic rings. The molecule has 0 bridgehead atoms. The van der Waals surface area contributed by atoms with Crippen molar-refractivity contribution in [3.05, 3.63) is 46.5 Å². The number of carbonyl (C=O) groups excluding carboxylic acids is 1. The van der Waals surface area contributed by atoms with E-state index in [-0.39, 0.29) is 5.78 Å². The van der Waals surface area contributed by atoms with Gasteiger partial charge in [-0.3, -0.25) is 4.79 Å². The summed E-state index contributed by atoms with van der Waals surface area (Å²) in [4.78, 5) is 11.8. The van der Waals surface area contributed by atoms with Crippen LogP contribution in [0.1, 0.15) is 36.5 Å². The van der Waals surface area contributed by atoms with Gasteiger partial charge in [-0.15, -0.1) is 6.58 Å². The molecule has 0 saturated heterocycles. The lowest BCUT2D eigenvalue weighted by atomic mass is 10.1. The highest BCUT2D eigenvalue weighted by atomic mass is 79.9. The second kappa shape index (κ2) is 8.22. The Morgan fingerprint density at radius 2 is 1.89 bits per heavy atom. The van der Waals surface area contributed by atoms with Crippen molar-refractivity contribution in [3.8, 4) is 0 Å². The molecule has 2 nitrogen and oxygen atoms in total. The highest BCUT2D eigenvalue weighted by molar-refractivity contribution is 9.10. The normalized spacial score (nSPS) is 10.3. The summed E-state index contributed by atoms with van der Waals surface area (Å²) in [6, 6.07) is 7.45. The minimum Gasteiger partial charge on any atom is -0.381 e. The van der Waals surface area contributed by atoms with Gasteiger partial charge in [0.2, 0.25) is 0 Å². The molecule has 18 heavy (non-hydrogen) atoms. The highest BCUT2D eigenvalue weighted by Gasteiger charge is 2.04. The third kappa shape index (κ3) is 6.12. The van der Waals surface area contributed by atoms with Gasteiger partial charge >= 0.3 is 0 Å². The van der Waals surface area contributed by atoms with E-state index in [1.807, 2.05) is 31.2 Å². The van der Waals surface area contributed by atoms with Gasteiger partial charge in [-0.2, -0.15) is 0 Å². The molecule has 0 aromatic heterocycles. The van der Waals surface area contributed by atoms with E-state index in [2.05, 4.69) is 22.5 Å². The molecule has 0 aliphatic heterocycles. The molecule has 0 N–H and O–H groups in total. The third-order valence-corrected chi connectivity index (χ3v) is 3.06. The molecule has 0 unspecified atom stereocenters. The number of Topliss-reactive ketones (excluding diaryl/α,β-unsaturated/α-hetero) is 1. The molecule has 0 radical (unpaired) electrons. The lowest BCUT2D eigenvalue weighted by Gasteiger charge is -2.04. The maximum atomic E-state index is 11.8. The van der Waals surface area contributed by atoms with Gasteiger partial charge in [-0.25, -0.2) is 0 Å². The fraction of sp³-hybridized carbons (Fsp3) is 0.400. The number of rotatable bonds is 8. The van der Waals surface area contributed by atoms with E-state index >= 15 is 0 Å². The highest BCUT2D eigenvalue weighted by Crippen LogP contribution is 2.12. The topological polar surface area (TPSA) is 26.3 Å². The SMILES string of the molecule is C=C(C)CCOCCCC(=O)c1ccc(Br)cc1. The summed E-state index contributed by atoms with van der Waals surface area (Å²) >= 11 is 3.35. The first-order valence-corrected chi connectivity index (χ1v) is 6.90. The van der Waals surface area contributed by atoms with Crippen LogP contribution in [0.25, 0.3) is 0 Å². The van der Waals surface area contributed by atoms with Gasteiger partial charge in [0, 0.05) is 23.1 Å². The van der Waals surface area contributed by atoms with Gasteiger partial charge in [-0.05, 0) is 31.9 Å².